The Bertz CT molecular complexity index is 753. The summed E-state index contributed by atoms with van der Waals surface area (Å²) < 4.78 is 30.5. The second kappa shape index (κ2) is 6.52. The van der Waals surface area contributed by atoms with Gasteiger partial charge in [-0.15, -0.1) is 0 Å². The molecule has 3 rings (SSSR count). The summed E-state index contributed by atoms with van der Waals surface area (Å²) in [7, 11) is 0. The number of hydrogen-bond donors (Lipinski definition) is 0. The summed E-state index contributed by atoms with van der Waals surface area (Å²) in [5.41, 5.74) is 0.591. The number of carbonyl (C=O) groups is 1. The van der Waals surface area contributed by atoms with E-state index in [2.05, 4.69) is 0 Å². The zero-order valence-corrected chi connectivity index (χ0v) is 12.5. The zero-order valence-electron chi connectivity index (χ0n) is 12.5. The third-order valence-corrected chi connectivity index (χ3v) is 3.39. The highest BCUT2D eigenvalue weighted by molar-refractivity contribution is 6.23. The van der Waals surface area contributed by atoms with Gasteiger partial charge in [0.05, 0.1) is 6.61 Å². The molecule has 2 aromatic carbocycles. The summed E-state index contributed by atoms with van der Waals surface area (Å²) in [6.07, 6.45) is 0. The Kier molecular flexibility index (Phi) is 4.28. The van der Waals surface area contributed by atoms with Crippen LogP contribution in [0.4, 0.5) is 4.39 Å². The number of rotatable bonds is 4. The Morgan fingerprint density at radius 3 is 2.57 bits per heavy atom. The molecular formula is C18H15FO4. The molecule has 2 aromatic rings. The van der Waals surface area contributed by atoms with Crippen LogP contribution in [-0.4, -0.2) is 19.4 Å². The highest BCUT2D eigenvalue weighted by atomic mass is 19.1. The predicted molar refractivity (Wildman–Crippen MR) is 83.6 cm³/mol. The van der Waals surface area contributed by atoms with Crippen LogP contribution < -0.4 is 9.47 Å². The molecule has 1 aliphatic heterocycles. The molecule has 118 valence electrons. The fraction of sp³-hybridized carbons (Fsp3) is 0.167. The lowest BCUT2D eigenvalue weighted by Crippen LogP contribution is -2.08. The van der Waals surface area contributed by atoms with Gasteiger partial charge in [-0.05, 0) is 30.7 Å². The average Bonchev–Trinajstić information content (AvgIpc) is 3.04. The Labute approximate surface area is 133 Å². The van der Waals surface area contributed by atoms with Crippen LogP contribution in [0.2, 0.25) is 0 Å². The van der Waals surface area contributed by atoms with Gasteiger partial charge in [0.15, 0.2) is 11.5 Å². The fourth-order valence-corrected chi connectivity index (χ4v) is 2.32. The first-order valence-electron chi connectivity index (χ1n) is 7.23. The van der Waals surface area contributed by atoms with Crippen LogP contribution in [0, 0.1) is 0 Å². The molecule has 0 atom stereocenters. The third kappa shape index (κ3) is 3.04. The highest BCUT2D eigenvalue weighted by Crippen LogP contribution is 2.37. The average molecular weight is 314 g/mol. The van der Waals surface area contributed by atoms with Crippen LogP contribution >= 0.6 is 0 Å². The molecule has 1 heterocycles. The second-order valence-electron chi connectivity index (χ2n) is 4.84. The molecule has 1 aliphatic rings. The predicted octanol–water partition coefficient (Wildman–Crippen LogP) is 3.82. The number of fused-ring (bicyclic) bond motifs is 1. The molecule has 0 aromatic heterocycles. The van der Waals surface area contributed by atoms with Gasteiger partial charge >= 0.3 is 5.97 Å². The van der Waals surface area contributed by atoms with Crippen LogP contribution in [0.1, 0.15) is 18.1 Å². The molecule has 23 heavy (non-hydrogen) atoms. The van der Waals surface area contributed by atoms with Crippen molar-refractivity contribution in [3.8, 4) is 11.5 Å². The molecule has 0 saturated heterocycles. The molecule has 0 amide bonds. The topological polar surface area (TPSA) is 44.8 Å². The lowest BCUT2D eigenvalue weighted by molar-refractivity contribution is -0.136. The van der Waals surface area contributed by atoms with E-state index in [0.29, 0.717) is 17.1 Å². The Hall–Kier alpha value is -2.82. The van der Waals surface area contributed by atoms with Gasteiger partial charge < -0.3 is 14.2 Å². The van der Waals surface area contributed by atoms with Crippen molar-refractivity contribution in [3.05, 3.63) is 59.7 Å². The van der Waals surface area contributed by atoms with E-state index in [4.69, 9.17) is 14.2 Å². The molecule has 0 bridgehead atoms. The van der Waals surface area contributed by atoms with Gasteiger partial charge in [-0.1, -0.05) is 30.3 Å². The van der Waals surface area contributed by atoms with Crippen molar-refractivity contribution < 1.29 is 23.4 Å². The summed E-state index contributed by atoms with van der Waals surface area (Å²) in [6, 6.07) is 13.3. The smallest absolute Gasteiger partial charge is 0.341 e. The SMILES string of the molecule is CCOC(=O)/C(=C(/F)c1ccc2c(c1)OCO2)c1ccccc1. The maximum absolute atomic E-state index is 15.0. The van der Waals surface area contributed by atoms with Crippen molar-refractivity contribution in [2.45, 2.75) is 6.92 Å². The van der Waals surface area contributed by atoms with Gasteiger partial charge in [0, 0.05) is 5.56 Å². The Morgan fingerprint density at radius 1 is 1.09 bits per heavy atom. The van der Waals surface area contributed by atoms with Gasteiger partial charge in [-0.25, -0.2) is 9.18 Å². The maximum atomic E-state index is 15.0. The molecule has 0 fully saturated rings. The van der Waals surface area contributed by atoms with E-state index in [-0.39, 0.29) is 24.5 Å². The Morgan fingerprint density at radius 2 is 1.83 bits per heavy atom. The number of ether oxygens (including phenoxy) is 3. The second-order valence-corrected chi connectivity index (χ2v) is 4.84. The zero-order chi connectivity index (χ0) is 16.2. The highest BCUT2D eigenvalue weighted by Gasteiger charge is 2.22. The molecule has 0 unspecified atom stereocenters. The van der Waals surface area contributed by atoms with E-state index in [0.717, 1.165) is 0 Å². The van der Waals surface area contributed by atoms with Crippen molar-refractivity contribution in [3.63, 3.8) is 0 Å². The lowest BCUT2D eigenvalue weighted by atomic mass is 10.0. The van der Waals surface area contributed by atoms with Crippen LogP contribution in [0.3, 0.4) is 0 Å². The lowest BCUT2D eigenvalue weighted by Gasteiger charge is -2.10. The van der Waals surface area contributed by atoms with Crippen molar-refractivity contribution in [2.24, 2.45) is 0 Å². The largest absolute Gasteiger partial charge is 0.462 e. The van der Waals surface area contributed by atoms with Gasteiger partial charge in [0.25, 0.3) is 0 Å². The van der Waals surface area contributed by atoms with Gasteiger partial charge in [-0.3, -0.25) is 0 Å². The van der Waals surface area contributed by atoms with E-state index in [9.17, 15) is 4.79 Å². The molecule has 0 saturated carbocycles. The van der Waals surface area contributed by atoms with Crippen LogP contribution in [0.5, 0.6) is 11.5 Å². The van der Waals surface area contributed by atoms with Gasteiger partial charge in [0.2, 0.25) is 6.79 Å². The van der Waals surface area contributed by atoms with Crippen molar-refractivity contribution in [1.82, 2.24) is 0 Å². The van der Waals surface area contributed by atoms with Gasteiger partial charge in [0.1, 0.15) is 11.4 Å². The van der Waals surface area contributed by atoms with Gasteiger partial charge in [-0.2, -0.15) is 0 Å². The molecule has 0 radical (unpaired) electrons. The molecule has 4 nitrogen and oxygen atoms in total. The van der Waals surface area contributed by atoms with E-state index in [1.165, 1.54) is 6.07 Å². The number of carbonyl (C=O) groups excluding carboxylic acids is 1. The van der Waals surface area contributed by atoms with Crippen LogP contribution in [0.25, 0.3) is 11.4 Å². The molecule has 0 N–H and O–H groups in total. The summed E-state index contributed by atoms with van der Waals surface area (Å²) in [4.78, 5) is 12.2. The monoisotopic (exact) mass is 314 g/mol. The molecule has 5 heteroatoms. The van der Waals surface area contributed by atoms with Crippen molar-refractivity contribution >= 4 is 17.4 Å². The number of benzene rings is 2. The first-order chi connectivity index (χ1) is 11.2. The summed E-state index contributed by atoms with van der Waals surface area (Å²) >= 11 is 0. The van der Waals surface area contributed by atoms with Crippen molar-refractivity contribution in [2.75, 3.05) is 13.4 Å². The quantitative estimate of drug-likeness (QED) is 0.489. The summed E-state index contributed by atoms with van der Waals surface area (Å²) in [5.74, 6) is -0.352. The maximum Gasteiger partial charge on any atom is 0.341 e. The molecular weight excluding hydrogens is 299 g/mol. The van der Waals surface area contributed by atoms with Crippen LogP contribution in [-0.2, 0) is 9.53 Å². The van der Waals surface area contributed by atoms with E-state index >= 15 is 4.39 Å². The molecule has 0 aliphatic carbocycles. The summed E-state index contributed by atoms with van der Waals surface area (Å²) in [5, 5.41) is 0. The van der Waals surface area contributed by atoms with Crippen LogP contribution in [0.15, 0.2) is 48.5 Å². The molecule has 0 spiro atoms. The minimum Gasteiger partial charge on any atom is -0.462 e. The van der Waals surface area contributed by atoms with E-state index in [1.54, 1.807) is 49.4 Å². The first kappa shape index (κ1) is 15.1. The standard InChI is InChI=1S/C18H15FO4/c1-2-21-18(20)16(12-6-4-3-5-7-12)17(19)13-8-9-14-15(10-13)23-11-22-14/h3-10H,2,11H2,1H3/b17-16+. The normalized spacial score (nSPS) is 13.5. The fourth-order valence-electron chi connectivity index (χ4n) is 2.32. The minimum absolute atomic E-state index is 0.105. The first-order valence-corrected chi connectivity index (χ1v) is 7.23. The number of esters is 1. The number of hydrogen-bond acceptors (Lipinski definition) is 4. The third-order valence-electron chi connectivity index (χ3n) is 3.39. The van der Waals surface area contributed by atoms with Crippen molar-refractivity contribution in [1.29, 1.82) is 0 Å². The minimum atomic E-state index is -0.700. The van der Waals surface area contributed by atoms with E-state index < -0.39 is 11.8 Å². The summed E-state index contributed by atoms with van der Waals surface area (Å²) in [6.45, 7) is 1.95. The van der Waals surface area contributed by atoms with E-state index in [1.807, 2.05) is 0 Å². The number of halogens is 1. The Balaban J connectivity index is 2.09.